The number of aliphatic hydroxyl groups is 5. The van der Waals surface area contributed by atoms with E-state index in [1.165, 1.54) is 96.8 Å². The molecule has 7 unspecified atom stereocenters. The van der Waals surface area contributed by atoms with Crippen LogP contribution in [0.25, 0.3) is 0 Å². The number of carbonyl (C=O) groups excluding carboxylic acids is 1. The average Bonchev–Trinajstić information content (AvgIpc) is 2.97. The van der Waals surface area contributed by atoms with Crippen LogP contribution in [0.2, 0.25) is 0 Å². The molecule has 246 valence electrons. The van der Waals surface area contributed by atoms with E-state index in [4.69, 9.17) is 9.47 Å². The van der Waals surface area contributed by atoms with Crippen molar-refractivity contribution in [3.05, 3.63) is 24.3 Å². The van der Waals surface area contributed by atoms with Crippen LogP contribution in [0.15, 0.2) is 24.3 Å². The molecule has 9 nitrogen and oxygen atoms in total. The summed E-state index contributed by atoms with van der Waals surface area (Å²) in [6.45, 7) is 2.80. The number of allylic oxidation sites excluding steroid dienone is 3. The van der Waals surface area contributed by atoms with Crippen LogP contribution >= 0.6 is 0 Å². The first-order chi connectivity index (χ1) is 20.3. The third kappa shape index (κ3) is 17.7. The van der Waals surface area contributed by atoms with Crippen LogP contribution in [0.4, 0.5) is 0 Å². The number of rotatable bonds is 25. The second-order valence-corrected chi connectivity index (χ2v) is 11.7. The van der Waals surface area contributed by atoms with Crippen LogP contribution in [0.1, 0.15) is 123 Å². The third-order valence-corrected chi connectivity index (χ3v) is 7.81. The van der Waals surface area contributed by atoms with Crippen molar-refractivity contribution in [2.45, 2.75) is 166 Å². The predicted molar refractivity (Wildman–Crippen MR) is 166 cm³/mol. The normalized spacial score (nSPS) is 24.4. The summed E-state index contributed by atoms with van der Waals surface area (Å²) in [5.74, 6) is -0.365. The molecule has 0 aromatic rings. The molecule has 1 fully saturated rings. The fourth-order valence-corrected chi connectivity index (χ4v) is 5.14. The summed E-state index contributed by atoms with van der Waals surface area (Å²) in [7, 11) is 0. The van der Waals surface area contributed by atoms with Crippen LogP contribution < -0.4 is 5.32 Å². The zero-order chi connectivity index (χ0) is 31.0. The second-order valence-electron chi connectivity index (χ2n) is 11.7. The quantitative estimate of drug-likeness (QED) is 0.0667. The van der Waals surface area contributed by atoms with Crippen molar-refractivity contribution in [2.24, 2.45) is 0 Å². The maximum absolute atomic E-state index is 11.6. The zero-order valence-corrected chi connectivity index (χ0v) is 26.2. The van der Waals surface area contributed by atoms with E-state index in [9.17, 15) is 30.3 Å². The third-order valence-electron chi connectivity index (χ3n) is 7.81. The monoisotopic (exact) mass is 599 g/mol. The van der Waals surface area contributed by atoms with Crippen molar-refractivity contribution in [2.75, 3.05) is 13.2 Å². The number of nitrogens with one attached hydrogen (secondary N) is 1. The molecule has 1 saturated heterocycles. The van der Waals surface area contributed by atoms with Crippen molar-refractivity contribution < 1.29 is 39.8 Å². The number of hydrogen-bond donors (Lipinski definition) is 6. The van der Waals surface area contributed by atoms with Gasteiger partial charge in [-0.1, -0.05) is 115 Å². The Morgan fingerprint density at radius 3 is 1.86 bits per heavy atom. The van der Waals surface area contributed by atoms with Crippen LogP contribution in [0.3, 0.4) is 0 Å². The minimum Gasteiger partial charge on any atom is -0.394 e. The molecule has 0 radical (unpaired) electrons. The Morgan fingerprint density at radius 1 is 0.786 bits per heavy atom. The van der Waals surface area contributed by atoms with Gasteiger partial charge in [-0.15, -0.1) is 0 Å². The SMILES string of the molecule is CCCCCCCCCCCCCCCC/C=C/CC/C=C/C(O)C(COC1OC(CO)C(O)C(O)C1O)NC(C)=O. The summed E-state index contributed by atoms with van der Waals surface area (Å²) < 4.78 is 10.8. The van der Waals surface area contributed by atoms with E-state index in [1.807, 2.05) is 6.08 Å². The predicted octanol–water partition coefficient (Wildman–Crippen LogP) is 4.43. The standard InChI is InChI=1S/C33H61NO8/c1-3-4-5-6-7-8-9-10-11-12-13-14-15-16-17-18-19-20-21-22-23-28(37)27(34-26(2)36)25-41-33-32(40)31(39)30(38)29(24-35)42-33/h18-19,22-23,27-33,35,37-40H,3-17,20-21,24-25H2,1-2H3,(H,34,36)/b19-18+,23-22+. The lowest BCUT2D eigenvalue weighted by atomic mass is 9.99. The molecular formula is C33H61NO8. The van der Waals surface area contributed by atoms with Crippen molar-refractivity contribution in [3.8, 4) is 0 Å². The Bertz CT molecular complexity index is 716. The van der Waals surface area contributed by atoms with Crippen LogP contribution in [0.5, 0.6) is 0 Å². The number of aliphatic hydroxyl groups excluding tert-OH is 5. The molecule has 42 heavy (non-hydrogen) atoms. The molecule has 9 heteroatoms. The van der Waals surface area contributed by atoms with E-state index < -0.39 is 49.5 Å². The van der Waals surface area contributed by atoms with E-state index in [2.05, 4.69) is 24.4 Å². The Hall–Kier alpha value is -1.33. The molecule has 7 atom stereocenters. The fraction of sp³-hybridized carbons (Fsp3) is 0.848. The maximum atomic E-state index is 11.6. The first-order valence-corrected chi connectivity index (χ1v) is 16.5. The van der Waals surface area contributed by atoms with E-state index in [-0.39, 0.29) is 12.5 Å². The highest BCUT2D eigenvalue weighted by Gasteiger charge is 2.44. The summed E-state index contributed by atoms with van der Waals surface area (Å²) in [4.78, 5) is 11.6. The molecule has 0 spiro atoms. The largest absolute Gasteiger partial charge is 0.394 e. The Labute approximate surface area is 254 Å². The van der Waals surface area contributed by atoms with Gasteiger partial charge in [0, 0.05) is 6.92 Å². The lowest BCUT2D eigenvalue weighted by Gasteiger charge is -2.40. The van der Waals surface area contributed by atoms with Gasteiger partial charge in [0.2, 0.25) is 5.91 Å². The molecule has 1 aliphatic rings. The molecule has 1 aliphatic heterocycles. The molecule has 1 amide bonds. The van der Waals surface area contributed by atoms with Crippen LogP contribution in [-0.2, 0) is 14.3 Å². The van der Waals surface area contributed by atoms with Crippen molar-refractivity contribution in [1.82, 2.24) is 5.32 Å². The number of hydrogen-bond acceptors (Lipinski definition) is 8. The minimum absolute atomic E-state index is 0.215. The summed E-state index contributed by atoms with van der Waals surface area (Å²) in [6, 6.07) is -0.818. The second kappa shape index (κ2) is 25.0. The molecule has 0 aliphatic carbocycles. The van der Waals surface area contributed by atoms with Gasteiger partial charge in [0.1, 0.15) is 24.4 Å². The number of carbonyl (C=O) groups is 1. The van der Waals surface area contributed by atoms with Gasteiger partial charge in [-0.05, 0) is 25.7 Å². The highest BCUT2D eigenvalue weighted by atomic mass is 16.7. The Morgan fingerprint density at radius 2 is 1.31 bits per heavy atom. The van der Waals surface area contributed by atoms with E-state index in [1.54, 1.807) is 6.08 Å². The molecule has 0 saturated carbocycles. The smallest absolute Gasteiger partial charge is 0.217 e. The summed E-state index contributed by atoms with van der Waals surface area (Å²) in [5, 5.41) is 52.4. The Balaban J connectivity index is 2.15. The van der Waals surface area contributed by atoms with Gasteiger partial charge in [-0.2, -0.15) is 0 Å². The van der Waals surface area contributed by atoms with Gasteiger partial charge in [-0.25, -0.2) is 0 Å². The van der Waals surface area contributed by atoms with Gasteiger partial charge >= 0.3 is 0 Å². The minimum atomic E-state index is -1.56. The number of amides is 1. The summed E-state index contributed by atoms with van der Waals surface area (Å²) >= 11 is 0. The maximum Gasteiger partial charge on any atom is 0.217 e. The van der Waals surface area contributed by atoms with Gasteiger partial charge < -0.3 is 40.3 Å². The first kappa shape index (κ1) is 38.7. The van der Waals surface area contributed by atoms with Crippen LogP contribution in [-0.4, -0.2) is 87.5 Å². The number of ether oxygens (including phenoxy) is 2. The molecular weight excluding hydrogens is 538 g/mol. The average molecular weight is 600 g/mol. The number of unbranched alkanes of at least 4 members (excludes halogenated alkanes) is 15. The lowest BCUT2D eigenvalue weighted by Crippen LogP contribution is -2.60. The van der Waals surface area contributed by atoms with E-state index in [0.717, 1.165) is 19.3 Å². The van der Waals surface area contributed by atoms with Gasteiger partial charge in [0.05, 0.1) is 25.4 Å². The first-order valence-electron chi connectivity index (χ1n) is 16.5. The molecule has 1 heterocycles. The lowest BCUT2D eigenvalue weighted by molar-refractivity contribution is -0.302. The summed E-state index contributed by atoms with van der Waals surface area (Å²) in [6.07, 6.45) is 21.5. The molecule has 0 aromatic heterocycles. The van der Waals surface area contributed by atoms with Gasteiger partial charge in [-0.3, -0.25) is 4.79 Å². The topological polar surface area (TPSA) is 149 Å². The van der Waals surface area contributed by atoms with Crippen molar-refractivity contribution in [3.63, 3.8) is 0 Å². The highest BCUT2D eigenvalue weighted by Crippen LogP contribution is 2.22. The fourth-order valence-electron chi connectivity index (χ4n) is 5.14. The zero-order valence-electron chi connectivity index (χ0n) is 26.2. The van der Waals surface area contributed by atoms with E-state index in [0.29, 0.717) is 0 Å². The molecule has 6 N–H and O–H groups in total. The van der Waals surface area contributed by atoms with Crippen molar-refractivity contribution >= 4 is 5.91 Å². The molecule has 0 bridgehead atoms. The van der Waals surface area contributed by atoms with E-state index >= 15 is 0 Å². The highest BCUT2D eigenvalue weighted by molar-refractivity contribution is 5.73. The van der Waals surface area contributed by atoms with Crippen molar-refractivity contribution in [1.29, 1.82) is 0 Å². The van der Waals surface area contributed by atoms with Crippen LogP contribution in [0, 0.1) is 0 Å². The molecule has 0 aromatic carbocycles. The Kier molecular flexibility index (Phi) is 23.1. The van der Waals surface area contributed by atoms with Gasteiger partial charge in [0.25, 0.3) is 0 Å². The van der Waals surface area contributed by atoms with Gasteiger partial charge in [0.15, 0.2) is 6.29 Å². The summed E-state index contributed by atoms with van der Waals surface area (Å²) in [5.41, 5.74) is 0. The molecule has 1 rings (SSSR count).